The van der Waals surface area contributed by atoms with Gasteiger partial charge in [0.15, 0.2) is 9.84 Å². The lowest BCUT2D eigenvalue weighted by molar-refractivity contribution is 0.0343. The summed E-state index contributed by atoms with van der Waals surface area (Å²) in [5.41, 5.74) is 1.49. The molecule has 4 aromatic carbocycles. The van der Waals surface area contributed by atoms with Crippen molar-refractivity contribution in [2.24, 2.45) is 5.41 Å². The Morgan fingerprint density at radius 2 is 1.32 bits per heavy atom. The van der Waals surface area contributed by atoms with Gasteiger partial charge in [0.25, 0.3) is 0 Å². The van der Waals surface area contributed by atoms with E-state index in [0.717, 1.165) is 9.87 Å². The summed E-state index contributed by atoms with van der Waals surface area (Å²) in [6.07, 6.45) is -1.44. The number of sulfonamides is 1. The molecule has 2 heterocycles. The van der Waals surface area contributed by atoms with Gasteiger partial charge in [-0.3, -0.25) is 0 Å². The van der Waals surface area contributed by atoms with E-state index in [4.69, 9.17) is 23.5 Å². The first-order valence-electron chi connectivity index (χ1n) is 18.4. The molecule has 17 nitrogen and oxygen atoms in total. The molecular weight excluding hydrogens is 803 g/mol. The predicted octanol–water partition coefficient (Wildman–Crippen LogP) is 3.61. The van der Waals surface area contributed by atoms with Crippen LogP contribution in [0.2, 0.25) is 0 Å². The number of carbonyl (C=O) groups is 1. The third-order valence-corrected chi connectivity index (χ3v) is 13.2. The second kappa shape index (κ2) is 18.2. The standard InChI is InChI=1S/C39H45BN6O11S2/c1-39(2)25-56-40(57-26-39)33-18-19-34(58(49,50)21-20-41-38(47)48)36(35(33)37-42-44-46(43-37)24-29-10-16-32(55-5)17-11-29)59(51,52)45(22-27-6-12-30(53-3)13-7-27)23-28-8-14-31(54-4)15-9-28/h6-19,41H,20-26H2,1-5H3,(H,47,48). The lowest BCUT2D eigenvalue weighted by atomic mass is 9.73. The molecule has 0 spiro atoms. The number of aromatic nitrogens is 4. The molecule has 1 aliphatic heterocycles. The lowest BCUT2D eigenvalue weighted by Gasteiger charge is -2.34. The fourth-order valence-corrected chi connectivity index (χ4v) is 9.94. The molecule has 1 saturated heterocycles. The van der Waals surface area contributed by atoms with Crippen molar-refractivity contribution in [1.82, 2.24) is 29.8 Å². The highest BCUT2D eigenvalue weighted by molar-refractivity contribution is 7.93. The molecule has 0 saturated carbocycles. The summed E-state index contributed by atoms with van der Waals surface area (Å²) in [6.45, 7) is 3.56. The van der Waals surface area contributed by atoms with E-state index in [0.29, 0.717) is 28.4 Å². The highest BCUT2D eigenvalue weighted by Gasteiger charge is 2.42. The number of sulfone groups is 1. The topological polar surface area (TPSA) is 211 Å². The highest BCUT2D eigenvalue weighted by atomic mass is 32.2. The van der Waals surface area contributed by atoms with E-state index in [1.54, 1.807) is 67.8 Å². The molecule has 1 amide bonds. The van der Waals surface area contributed by atoms with Gasteiger partial charge in [-0.25, -0.2) is 21.6 Å². The number of methoxy groups -OCH3 is 3. The molecule has 0 bridgehead atoms. The molecule has 5 aromatic rings. The normalized spacial score (nSPS) is 14.2. The van der Waals surface area contributed by atoms with Gasteiger partial charge in [0, 0.05) is 43.8 Å². The van der Waals surface area contributed by atoms with Crippen LogP contribution in [0.25, 0.3) is 11.4 Å². The van der Waals surface area contributed by atoms with Crippen molar-refractivity contribution in [3.05, 3.63) is 102 Å². The van der Waals surface area contributed by atoms with E-state index >= 15 is 8.42 Å². The van der Waals surface area contributed by atoms with Crippen molar-refractivity contribution < 1.29 is 50.3 Å². The van der Waals surface area contributed by atoms with Gasteiger partial charge in [-0.1, -0.05) is 56.3 Å². The first-order chi connectivity index (χ1) is 28.1. The second-order valence-corrected chi connectivity index (χ2v) is 18.4. The average molecular weight is 849 g/mol. The highest BCUT2D eigenvalue weighted by Crippen LogP contribution is 2.36. The lowest BCUT2D eigenvalue weighted by Crippen LogP contribution is -2.48. The minimum absolute atomic E-state index is 0.124. The quantitative estimate of drug-likeness (QED) is 0.128. The van der Waals surface area contributed by atoms with Crippen molar-refractivity contribution in [2.45, 2.75) is 43.3 Å². The van der Waals surface area contributed by atoms with Crippen molar-refractivity contribution in [3.8, 4) is 28.6 Å². The van der Waals surface area contributed by atoms with Crippen molar-refractivity contribution in [1.29, 1.82) is 0 Å². The Morgan fingerprint density at radius 1 is 0.814 bits per heavy atom. The number of carboxylic acid groups (broad SMARTS) is 1. The molecule has 6 rings (SSSR count). The first kappa shape index (κ1) is 43.1. The number of tetrazole rings is 1. The van der Waals surface area contributed by atoms with Gasteiger partial charge in [0.05, 0.1) is 38.5 Å². The molecule has 20 heteroatoms. The van der Waals surface area contributed by atoms with E-state index in [9.17, 15) is 18.3 Å². The molecule has 1 fully saturated rings. The first-order valence-corrected chi connectivity index (χ1v) is 21.5. The van der Waals surface area contributed by atoms with Crippen LogP contribution in [-0.4, -0.2) is 107 Å². The van der Waals surface area contributed by atoms with E-state index in [1.165, 1.54) is 31.1 Å². The van der Waals surface area contributed by atoms with Crippen LogP contribution in [-0.2, 0) is 48.8 Å². The van der Waals surface area contributed by atoms with Crippen LogP contribution in [0.4, 0.5) is 4.79 Å². The Bertz CT molecular complexity index is 2410. The summed E-state index contributed by atoms with van der Waals surface area (Å²) in [4.78, 5) is 11.4. The Hall–Kier alpha value is -5.54. The molecule has 1 aliphatic rings. The van der Waals surface area contributed by atoms with Crippen LogP contribution in [0.15, 0.2) is 94.7 Å². The molecule has 312 valence electrons. The third-order valence-electron chi connectivity index (χ3n) is 9.43. The molecular formula is C39H45BN6O11S2. The fraction of sp³-hybridized carbons (Fsp3) is 0.333. The SMILES string of the molecule is COc1ccc(CN(Cc2ccc(OC)cc2)S(=O)(=O)c2c(S(=O)(=O)CCNC(=O)O)ccc(B3OCC(C)(C)CO3)c2-c2nnn(Cc3ccc(OC)cc3)n2)cc1. The maximum absolute atomic E-state index is 15.7. The monoisotopic (exact) mass is 848 g/mol. The smallest absolute Gasteiger partial charge is 0.494 e. The molecule has 0 unspecified atom stereocenters. The number of nitrogens with zero attached hydrogens (tertiary/aromatic N) is 5. The van der Waals surface area contributed by atoms with Crippen LogP contribution in [0.1, 0.15) is 30.5 Å². The molecule has 0 aliphatic carbocycles. The van der Waals surface area contributed by atoms with Crippen molar-refractivity contribution in [2.75, 3.05) is 46.8 Å². The summed E-state index contributed by atoms with van der Waals surface area (Å²) in [5.74, 6) is 0.771. The van der Waals surface area contributed by atoms with Crippen LogP contribution in [0.5, 0.6) is 17.2 Å². The fourth-order valence-electron chi connectivity index (χ4n) is 6.31. The van der Waals surface area contributed by atoms with Gasteiger partial charge in [0.1, 0.15) is 22.1 Å². The molecule has 1 aromatic heterocycles. The van der Waals surface area contributed by atoms with E-state index < -0.39 is 55.2 Å². The Morgan fingerprint density at radius 3 is 1.81 bits per heavy atom. The number of benzene rings is 4. The Labute approximate surface area is 343 Å². The van der Waals surface area contributed by atoms with Gasteiger partial charge >= 0.3 is 13.2 Å². The summed E-state index contributed by atoms with van der Waals surface area (Å²) >= 11 is 0. The zero-order chi connectivity index (χ0) is 42.4. The maximum atomic E-state index is 15.7. The van der Waals surface area contributed by atoms with Crippen LogP contribution < -0.4 is 25.0 Å². The molecule has 0 radical (unpaired) electrons. The maximum Gasteiger partial charge on any atom is 0.494 e. The average Bonchev–Trinajstić information content (AvgIpc) is 3.68. The second-order valence-electron chi connectivity index (χ2n) is 14.5. The van der Waals surface area contributed by atoms with Crippen molar-refractivity contribution in [3.63, 3.8) is 0 Å². The number of hydrogen-bond donors (Lipinski definition) is 2. The number of nitrogens with one attached hydrogen (secondary N) is 1. The summed E-state index contributed by atoms with van der Waals surface area (Å²) in [5, 5.41) is 24.5. The van der Waals surface area contributed by atoms with Gasteiger partial charge in [-0.05, 0) is 69.8 Å². The molecule has 0 atom stereocenters. The number of amides is 1. The number of ether oxygens (including phenoxy) is 3. The van der Waals surface area contributed by atoms with Crippen LogP contribution in [0.3, 0.4) is 0 Å². The van der Waals surface area contributed by atoms with Gasteiger partial charge in [-0.2, -0.15) is 9.10 Å². The molecule has 2 N–H and O–H groups in total. The summed E-state index contributed by atoms with van der Waals surface area (Å²) in [6, 6.07) is 23.3. The molecule has 59 heavy (non-hydrogen) atoms. The third kappa shape index (κ3) is 10.4. The van der Waals surface area contributed by atoms with Gasteiger partial charge in [0.2, 0.25) is 15.8 Å². The van der Waals surface area contributed by atoms with Gasteiger partial charge < -0.3 is 33.9 Å². The minimum Gasteiger partial charge on any atom is -0.497 e. The summed E-state index contributed by atoms with van der Waals surface area (Å²) < 4.78 is 89.4. The largest absolute Gasteiger partial charge is 0.497 e. The van der Waals surface area contributed by atoms with E-state index in [1.807, 2.05) is 26.0 Å². The van der Waals surface area contributed by atoms with Crippen LogP contribution >= 0.6 is 0 Å². The van der Waals surface area contributed by atoms with Crippen LogP contribution in [0, 0.1) is 5.41 Å². The Kier molecular flexibility index (Phi) is 13.3. The Balaban J connectivity index is 1.58. The zero-order valence-electron chi connectivity index (χ0n) is 33.2. The summed E-state index contributed by atoms with van der Waals surface area (Å²) in [7, 11) is -6.02. The predicted molar refractivity (Wildman–Crippen MR) is 217 cm³/mol. The zero-order valence-corrected chi connectivity index (χ0v) is 34.8. The van der Waals surface area contributed by atoms with Crippen molar-refractivity contribution >= 4 is 38.5 Å². The van der Waals surface area contributed by atoms with E-state index in [2.05, 4.69) is 20.7 Å². The number of rotatable bonds is 17. The van der Waals surface area contributed by atoms with E-state index in [-0.39, 0.29) is 55.1 Å². The number of hydrogen-bond acceptors (Lipinski definition) is 13. The minimum atomic E-state index is -4.89. The van der Waals surface area contributed by atoms with Gasteiger partial charge in [-0.15, -0.1) is 10.2 Å².